The highest BCUT2D eigenvalue weighted by atomic mass is 16.5. The molecule has 0 atom stereocenters. The van der Waals surface area contributed by atoms with E-state index in [-0.39, 0.29) is 5.41 Å². The normalized spacial score (nSPS) is 11.2. The van der Waals surface area contributed by atoms with E-state index >= 15 is 0 Å². The van der Waals surface area contributed by atoms with E-state index in [1.54, 1.807) is 0 Å². The van der Waals surface area contributed by atoms with Crippen molar-refractivity contribution in [2.24, 2.45) is 0 Å². The number of rotatable bonds is 9. The van der Waals surface area contributed by atoms with Gasteiger partial charge in [0.25, 0.3) is 0 Å². The zero-order valence-electron chi connectivity index (χ0n) is 17.8. The van der Waals surface area contributed by atoms with Crippen LogP contribution in [0.25, 0.3) is 0 Å². The van der Waals surface area contributed by atoms with E-state index in [1.165, 1.54) is 16.7 Å². The van der Waals surface area contributed by atoms with E-state index in [0.717, 1.165) is 17.2 Å². The predicted molar refractivity (Wildman–Crippen MR) is 118 cm³/mol. The third-order valence-electron chi connectivity index (χ3n) is 5.23. The van der Waals surface area contributed by atoms with Crippen molar-refractivity contribution in [3.8, 4) is 17.2 Å². The minimum Gasteiger partial charge on any atom is -0.494 e. The van der Waals surface area contributed by atoms with Crippen LogP contribution in [-0.2, 0) is 5.41 Å². The van der Waals surface area contributed by atoms with Gasteiger partial charge in [-0.3, -0.25) is 0 Å². The average molecular weight is 391 g/mol. The van der Waals surface area contributed by atoms with Gasteiger partial charge in [-0.15, -0.1) is 0 Å². The summed E-state index contributed by atoms with van der Waals surface area (Å²) in [7, 11) is 0. The molecule has 0 aliphatic heterocycles. The standard InChI is InChI=1S/C26H30O3/c1-5-27-23-14-8-20(9-15-23)26(4,21-10-16-24(17-11-21)28-6-2)22-12-18-25(19-13-22)29-7-3/h8-19H,5-7H2,1-4H3. The second-order valence-corrected chi connectivity index (χ2v) is 7.00. The fourth-order valence-electron chi connectivity index (χ4n) is 3.65. The lowest BCUT2D eigenvalue weighted by atomic mass is 9.71. The van der Waals surface area contributed by atoms with E-state index in [9.17, 15) is 0 Å². The highest BCUT2D eigenvalue weighted by Gasteiger charge is 2.31. The summed E-state index contributed by atoms with van der Waals surface area (Å²) in [5.41, 5.74) is 3.29. The van der Waals surface area contributed by atoms with Gasteiger partial charge in [0.1, 0.15) is 17.2 Å². The van der Waals surface area contributed by atoms with Crippen molar-refractivity contribution in [2.75, 3.05) is 19.8 Å². The molecule has 0 fully saturated rings. The molecule has 0 saturated heterocycles. The van der Waals surface area contributed by atoms with Crippen LogP contribution in [-0.4, -0.2) is 19.8 Å². The summed E-state index contributed by atoms with van der Waals surface area (Å²) in [5, 5.41) is 0. The maximum atomic E-state index is 5.64. The maximum Gasteiger partial charge on any atom is 0.119 e. The smallest absolute Gasteiger partial charge is 0.119 e. The quantitative estimate of drug-likeness (QED) is 0.405. The van der Waals surface area contributed by atoms with Gasteiger partial charge in [-0.1, -0.05) is 36.4 Å². The molecule has 0 aliphatic rings. The molecular formula is C26H30O3. The molecule has 3 rings (SSSR count). The van der Waals surface area contributed by atoms with E-state index in [4.69, 9.17) is 14.2 Å². The van der Waals surface area contributed by atoms with Crippen LogP contribution in [0.4, 0.5) is 0 Å². The zero-order valence-corrected chi connectivity index (χ0v) is 17.8. The van der Waals surface area contributed by atoms with Gasteiger partial charge in [0.15, 0.2) is 0 Å². The molecule has 152 valence electrons. The molecule has 0 unspecified atom stereocenters. The SMILES string of the molecule is CCOc1ccc(C(C)(c2ccc(OCC)cc2)c2ccc(OCC)cc2)cc1. The molecule has 3 nitrogen and oxygen atoms in total. The minimum atomic E-state index is -0.319. The first-order valence-corrected chi connectivity index (χ1v) is 10.3. The molecule has 0 aromatic heterocycles. The van der Waals surface area contributed by atoms with E-state index in [2.05, 4.69) is 43.3 Å². The Bertz CT molecular complexity index is 760. The largest absolute Gasteiger partial charge is 0.494 e. The van der Waals surface area contributed by atoms with Crippen LogP contribution >= 0.6 is 0 Å². The zero-order chi connectivity index (χ0) is 20.7. The average Bonchev–Trinajstić information content (AvgIpc) is 2.75. The topological polar surface area (TPSA) is 27.7 Å². The molecule has 3 aromatic rings. The Morgan fingerprint density at radius 1 is 0.483 bits per heavy atom. The van der Waals surface area contributed by atoms with Gasteiger partial charge in [-0.2, -0.15) is 0 Å². The molecule has 0 saturated carbocycles. The minimum absolute atomic E-state index is 0.319. The van der Waals surface area contributed by atoms with Crippen molar-refractivity contribution in [2.45, 2.75) is 33.1 Å². The van der Waals surface area contributed by atoms with Crippen LogP contribution in [0.1, 0.15) is 44.4 Å². The summed E-state index contributed by atoms with van der Waals surface area (Å²) in [4.78, 5) is 0. The lowest BCUT2D eigenvalue weighted by molar-refractivity contribution is 0.340. The van der Waals surface area contributed by atoms with Crippen LogP contribution in [0.15, 0.2) is 72.8 Å². The molecular weight excluding hydrogens is 360 g/mol. The fraction of sp³-hybridized carbons (Fsp3) is 0.308. The van der Waals surface area contributed by atoms with Gasteiger partial charge in [0.05, 0.1) is 19.8 Å². The summed E-state index contributed by atoms with van der Waals surface area (Å²) in [5.74, 6) is 2.66. The molecule has 0 spiro atoms. The predicted octanol–water partition coefficient (Wildman–Crippen LogP) is 6.24. The van der Waals surface area contributed by atoms with Crippen molar-refractivity contribution in [1.82, 2.24) is 0 Å². The van der Waals surface area contributed by atoms with Crippen molar-refractivity contribution in [1.29, 1.82) is 0 Å². The maximum absolute atomic E-state index is 5.64. The summed E-state index contributed by atoms with van der Waals surface area (Å²) in [6.07, 6.45) is 0. The Hall–Kier alpha value is -2.94. The number of benzene rings is 3. The Balaban J connectivity index is 2.06. The Morgan fingerprint density at radius 3 is 0.931 bits per heavy atom. The molecule has 0 bridgehead atoms. The van der Waals surface area contributed by atoms with Gasteiger partial charge in [0.2, 0.25) is 0 Å². The molecule has 0 aliphatic carbocycles. The Kier molecular flexibility index (Phi) is 6.82. The van der Waals surface area contributed by atoms with Crippen molar-refractivity contribution >= 4 is 0 Å². The highest BCUT2D eigenvalue weighted by molar-refractivity contribution is 5.52. The summed E-state index contributed by atoms with van der Waals surface area (Å²) < 4.78 is 16.9. The van der Waals surface area contributed by atoms with Crippen molar-refractivity contribution < 1.29 is 14.2 Å². The first-order chi connectivity index (χ1) is 14.1. The number of ether oxygens (including phenoxy) is 3. The molecule has 0 N–H and O–H groups in total. The summed E-state index contributed by atoms with van der Waals surface area (Å²) in [6.45, 7) is 10.2. The van der Waals surface area contributed by atoms with Crippen LogP contribution in [0, 0.1) is 0 Å². The third kappa shape index (κ3) is 4.56. The van der Waals surface area contributed by atoms with Crippen LogP contribution in [0.3, 0.4) is 0 Å². The molecule has 29 heavy (non-hydrogen) atoms. The Labute approximate surface area is 174 Å². The second kappa shape index (κ2) is 9.51. The third-order valence-corrected chi connectivity index (χ3v) is 5.23. The van der Waals surface area contributed by atoms with Crippen molar-refractivity contribution in [3.05, 3.63) is 89.5 Å². The molecule has 0 amide bonds. The second-order valence-electron chi connectivity index (χ2n) is 7.00. The van der Waals surface area contributed by atoms with Crippen LogP contribution < -0.4 is 14.2 Å². The molecule has 3 heteroatoms. The summed E-state index contributed by atoms with van der Waals surface area (Å²) in [6, 6.07) is 25.2. The lowest BCUT2D eigenvalue weighted by Crippen LogP contribution is -2.25. The van der Waals surface area contributed by atoms with Gasteiger partial charge in [-0.05, 0) is 80.8 Å². The van der Waals surface area contributed by atoms with Gasteiger partial charge in [-0.25, -0.2) is 0 Å². The van der Waals surface area contributed by atoms with Gasteiger partial charge < -0.3 is 14.2 Å². The van der Waals surface area contributed by atoms with Crippen LogP contribution in [0.2, 0.25) is 0 Å². The monoisotopic (exact) mass is 390 g/mol. The molecule has 3 aromatic carbocycles. The van der Waals surface area contributed by atoms with Crippen LogP contribution in [0.5, 0.6) is 17.2 Å². The highest BCUT2D eigenvalue weighted by Crippen LogP contribution is 2.40. The van der Waals surface area contributed by atoms with E-state index < -0.39 is 0 Å². The first-order valence-electron chi connectivity index (χ1n) is 10.3. The first kappa shape index (κ1) is 20.8. The van der Waals surface area contributed by atoms with Gasteiger partial charge in [0, 0.05) is 5.41 Å². The van der Waals surface area contributed by atoms with E-state index in [1.807, 2.05) is 57.2 Å². The van der Waals surface area contributed by atoms with E-state index in [0.29, 0.717) is 19.8 Å². The van der Waals surface area contributed by atoms with Gasteiger partial charge >= 0.3 is 0 Å². The molecule has 0 radical (unpaired) electrons. The number of hydrogen-bond acceptors (Lipinski definition) is 3. The molecule has 0 heterocycles. The lowest BCUT2D eigenvalue weighted by Gasteiger charge is -2.32. The number of hydrogen-bond donors (Lipinski definition) is 0. The fourth-order valence-corrected chi connectivity index (χ4v) is 3.65. The van der Waals surface area contributed by atoms with Crippen molar-refractivity contribution in [3.63, 3.8) is 0 Å². The Morgan fingerprint density at radius 2 is 0.724 bits per heavy atom. The summed E-state index contributed by atoms with van der Waals surface area (Å²) >= 11 is 0.